The Balaban J connectivity index is 2.60. The van der Waals surface area contributed by atoms with Gasteiger partial charge in [-0.3, -0.25) is 4.79 Å². The van der Waals surface area contributed by atoms with Crippen LogP contribution in [0.4, 0.5) is 13.6 Å². The van der Waals surface area contributed by atoms with E-state index in [1.54, 1.807) is 20.8 Å². The molecule has 0 aromatic heterocycles. The Bertz CT molecular complexity index is 547. The molecule has 116 valence electrons. The molecule has 0 saturated heterocycles. The molecule has 0 heterocycles. The second-order valence-electron chi connectivity index (χ2n) is 5.46. The monoisotopic (exact) mass is 299 g/mol. The summed E-state index contributed by atoms with van der Waals surface area (Å²) in [5.41, 5.74) is 4.47. The second kappa shape index (κ2) is 6.51. The van der Waals surface area contributed by atoms with Crippen molar-refractivity contribution in [3.8, 4) is 0 Å². The highest BCUT2D eigenvalue weighted by atomic mass is 19.1. The summed E-state index contributed by atoms with van der Waals surface area (Å²) in [7, 11) is 0. The van der Waals surface area contributed by atoms with Crippen LogP contribution >= 0.6 is 0 Å². The molecule has 1 unspecified atom stereocenters. The smallest absolute Gasteiger partial charge is 0.315 e. The molecule has 1 atom stereocenters. The Morgan fingerprint density at radius 2 is 1.95 bits per heavy atom. The first kappa shape index (κ1) is 16.9. The van der Waals surface area contributed by atoms with Crippen LogP contribution in [0.15, 0.2) is 18.2 Å². The zero-order valence-corrected chi connectivity index (χ0v) is 12.2. The number of carbonyl (C=O) groups excluding carboxylic acids is 2. The van der Waals surface area contributed by atoms with Crippen molar-refractivity contribution in [3.63, 3.8) is 0 Å². The zero-order chi connectivity index (χ0) is 16.2. The van der Waals surface area contributed by atoms with E-state index in [1.165, 1.54) is 6.07 Å². The van der Waals surface area contributed by atoms with E-state index in [1.807, 2.05) is 0 Å². The summed E-state index contributed by atoms with van der Waals surface area (Å²) < 4.78 is 26.4. The number of urea groups is 1. The molecule has 0 aliphatic rings. The molecule has 0 bridgehead atoms. The van der Waals surface area contributed by atoms with Gasteiger partial charge in [-0.2, -0.15) is 0 Å². The van der Waals surface area contributed by atoms with Gasteiger partial charge in [-0.05, 0) is 26.8 Å². The van der Waals surface area contributed by atoms with E-state index in [-0.39, 0.29) is 12.1 Å². The number of hydrogen-bond donors (Lipinski definition) is 3. The van der Waals surface area contributed by atoms with Crippen molar-refractivity contribution in [1.29, 1.82) is 0 Å². The first-order chi connectivity index (χ1) is 9.63. The third-order valence-corrected chi connectivity index (χ3v) is 3.13. The number of carbonyl (C=O) groups is 2. The van der Waals surface area contributed by atoms with Crippen molar-refractivity contribution < 1.29 is 18.4 Å². The van der Waals surface area contributed by atoms with Crippen LogP contribution in [0, 0.1) is 17.0 Å². The van der Waals surface area contributed by atoms with Gasteiger partial charge in [-0.25, -0.2) is 13.6 Å². The molecule has 7 heteroatoms. The Labute approximate surface area is 121 Å². The van der Waals surface area contributed by atoms with Crippen LogP contribution < -0.4 is 16.4 Å². The number of primary amides is 1. The van der Waals surface area contributed by atoms with Crippen LogP contribution in [0.1, 0.15) is 32.4 Å². The van der Waals surface area contributed by atoms with E-state index in [4.69, 9.17) is 5.73 Å². The maximum Gasteiger partial charge on any atom is 0.315 e. The zero-order valence-electron chi connectivity index (χ0n) is 12.2. The summed E-state index contributed by atoms with van der Waals surface area (Å²) >= 11 is 0. The number of halogens is 2. The first-order valence-corrected chi connectivity index (χ1v) is 6.42. The van der Waals surface area contributed by atoms with Crippen molar-refractivity contribution in [2.75, 3.05) is 6.54 Å². The topological polar surface area (TPSA) is 84.2 Å². The molecule has 0 aliphatic carbocycles. The van der Waals surface area contributed by atoms with E-state index >= 15 is 0 Å². The molecule has 0 saturated carbocycles. The second-order valence-corrected chi connectivity index (χ2v) is 5.46. The Morgan fingerprint density at radius 3 is 2.48 bits per heavy atom. The van der Waals surface area contributed by atoms with Crippen LogP contribution in [0.2, 0.25) is 0 Å². The van der Waals surface area contributed by atoms with Gasteiger partial charge in [-0.1, -0.05) is 6.07 Å². The minimum atomic E-state index is -0.887. The van der Waals surface area contributed by atoms with Gasteiger partial charge in [0.25, 0.3) is 0 Å². The van der Waals surface area contributed by atoms with Gasteiger partial charge in [0.05, 0.1) is 11.5 Å². The van der Waals surface area contributed by atoms with Gasteiger partial charge in [0.1, 0.15) is 11.6 Å². The SMILES string of the molecule is CC(NC(=O)NCC(C)(C)C(N)=O)c1ccc(F)cc1F. The third kappa shape index (κ3) is 4.70. The lowest BCUT2D eigenvalue weighted by molar-refractivity contribution is -0.125. The Kier molecular flexibility index (Phi) is 5.23. The van der Waals surface area contributed by atoms with Crippen molar-refractivity contribution in [2.24, 2.45) is 11.1 Å². The van der Waals surface area contributed by atoms with Crippen molar-refractivity contribution in [2.45, 2.75) is 26.8 Å². The standard InChI is InChI=1S/C14H19F2N3O2/c1-8(10-5-4-9(15)6-11(10)16)19-13(21)18-7-14(2,3)12(17)20/h4-6,8H,7H2,1-3H3,(H2,17,20)(H2,18,19,21). The Morgan fingerprint density at radius 1 is 1.33 bits per heavy atom. The summed E-state index contributed by atoms with van der Waals surface area (Å²) in [5.74, 6) is -1.96. The fourth-order valence-corrected chi connectivity index (χ4v) is 1.57. The molecular weight excluding hydrogens is 280 g/mol. The fourth-order valence-electron chi connectivity index (χ4n) is 1.57. The quantitative estimate of drug-likeness (QED) is 0.775. The fraction of sp³-hybridized carbons (Fsp3) is 0.429. The largest absolute Gasteiger partial charge is 0.369 e. The van der Waals surface area contributed by atoms with Gasteiger partial charge in [0.15, 0.2) is 0 Å². The number of hydrogen-bond acceptors (Lipinski definition) is 2. The third-order valence-electron chi connectivity index (χ3n) is 3.13. The van der Waals surface area contributed by atoms with Gasteiger partial charge in [0.2, 0.25) is 5.91 Å². The maximum absolute atomic E-state index is 13.6. The molecule has 3 amide bonds. The molecule has 1 rings (SSSR count). The molecule has 21 heavy (non-hydrogen) atoms. The average molecular weight is 299 g/mol. The molecule has 1 aromatic carbocycles. The molecule has 0 radical (unpaired) electrons. The molecule has 5 nitrogen and oxygen atoms in total. The number of amides is 3. The number of nitrogens with one attached hydrogen (secondary N) is 2. The maximum atomic E-state index is 13.6. The molecule has 4 N–H and O–H groups in total. The van der Waals surface area contributed by atoms with Crippen LogP contribution in [0.5, 0.6) is 0 Å². The molecule has 1 aromatic rings. The van der Waals surface area contributed by atoms with Crippen LogP contribution in [-0.2, 0) is 4.79 Å². The summed E-state index contributed by atoms with van der Waals surface area (Å²) in [5, 5.41) is 4.99. The highest BCUT2D eigenvalue weighted by Crippen LogP contribution is 2.17. The summed E-state index contributed by atoms with van der Waals surface area (Å²) in [6.45, 7) is 4.80. The van der Waals surface area contributed by atoms with E-state index in [9.17, 15) is 18.4 Å². The number of benzene rings is 1. The summed E-state index contributed by atoms with van der Waals surface area (Å²) in [6.07, 6.45) is 0. The lowest BCUT2D eigenvalue weighted by Crippen LogP contribution is -2.46. The highest BCUT2D eigenvalue weighted by molar-refractivity contribution is 5.81. The lowest BCUT2D eigenvalue weighted by atomic mass is 9.93. The lowest BCUT2D eigenvalue weighted by Gasteiger charge is -2.22. The predicted molar refractivity (Wildman–Crippen MR) is 74.3 cm³/mol. The number of nitrogens with two attached hydrogens (primary N) is 1. The van der Waals surface area contributed by atoms with Crippen molar-refractivity contribution in [1.82, 2.24) is 10.6 Å². The van der Waals surface area contributed by atoms with Crippen LogP contribution in [0.25, 0.3) is 0 Å². The van der Waals surface area contributed by atoms with Crippen molar-refractivity contribution >= 4 is 11.9 Å². The van der Waals surface area contributed by atoms with E-state index < -0.39 is 35.0 Å². The minimum absolute atomic E-state index is 0.0484. The number of rotatable bonds is 5. The van der Waals surface area contributed by atoms with Crippen LogP contribution in [0.3, 0.4) is 0 Å². The molecular formula is C14H19F2N3O2. The summed E-state index contributed by atoms with van der Waals surface area (Å²) in [6, 6.07) is 1.91. The Hall–Kier alpha value is -2.18. The van der Waals surface area contributed by atoms with Gasteiger partial charge >= 0.3 is 6.03 Å². The molecule has 0 aliphatic heterocycles. The van der Waals surface area contributed by atoms with E-state index in [2.05, 4.69) is 10.6 Å². The molecule has 0 spiro atoms. The van der Waals surface area contributed by atoms with Gasteiger partial charge < -0.3 is 16.4 Å². The first-order valence-electron chi connectivity index (χ1n) is 6.42. The average Bonchev–Trinajstić information content (AvgIpc) is 2.36. The van der Waals surface area contributed by atoms with E-state index in [0.29, 0.717) is 0 Å². The van der Waals surface area contributed by atoms with Gasteiger partial charge in [0, 0.05) is 18.2 Å². The molecule has 0 fully saturated rings. The summed E-state index contributed by atoms with van der Waals surface area (Å²) in [4.78, 5) is 22.8. The minimum Gasteiger partial charge on any atom is -0.369 e. The van der Waals surface area contributed by atoms with Gasteiger partial charge in [-0.15, -0.1) is 0 Å². The highest BCUT2D eigenvalue weighted by Gasteiger charge is 2.25. The normalized spacial score (nSPS) is 12.6. The van der Waals surface area contributed by atoms with Crippen LogP contribution in [-0.4, -0.2) is 18.5 Å². The van der Waals surface area contributed by atoms with E-state index in [0.717, 1.165) is 12.1 Å². The predicted octanol–water partition coefficient (Wildman–Crippen LogP) is 1.84. The van der Waals surface area contributed by atoms with Crippen molar-refractivity contribution in [3.05, 3.63) is 35.4 Å².